The summed E-state index contributed by atoms with van der Waals surface area (Å²) in [6.45, 7) is 6.20. The highest BCUT2D eigenvalue weighted by molar-refractivity contribution is 9.10. The Balaban J connectivity index is 2.29. The molecule has 0 aromatic carbocycles. The molecule has 1 atom stereocenters. The van der Waals surface area contributed by atoms with Crippen molar-refractivity contribution in [3.8, 4) is 0 Å². The zero-order chi connectivity index (χ0) is 14.0. The summed E-state index contributed by atoms with van der Waals surface area (Å²) in [6.07, 6.45) is 2.57. The number of nitrogens with zero attached hydrogens (tertiary/aromatic N) is 3. The first-order valence-corrected chi connectivity index (χ1v) is 7.80. The molecule has 0 aliphatic carbocycles. The van der Waals surface area contributed by atoms with Gasteiger partial charge in [0.15, 0.2) is 0 Å². The van der Waals surface area contributed by atoms with Gasteiger partial charge < -0.3 is 0 Å². The Morgan fingerprint density at radius 2 is 2.26 bits per heavy atom. The Morgan fingerprint density at radius 3 is 2.79 bits per heavy atom. The lowest BCUT2D eigenvalue weighted by Gasteiger charge is -2.19. The number of nitrogens with one attached hydrogen (secondary N) is 1. The maximum absolute atomic E-state index is 5.72. The van der Waals surface area contributed by atoms with E-state index in [4.69, 9.17) is 5.84 Å². The molecule has 5 nitrogen and oxygen atoms in total. The van der Waals surface area contributed by atoms with E-state index in [-0.39, 0.29) is 12.1 Å². The second kappa shape index (κ2) is 6.13. The molecule has 2 aromatic rings. The lowest BCUT2D eigenvalue weighted by atomic mass is 10.1. The third-order valence-electron chi connectivity index (χ3n) is 2.85. The van der Waals surface area contributed by atoms with Crippen LogP contribution in [0.15, 0.2) is 16.0 Å². The highest BCUT2D eigenvalue weighted by atomic mass is 79.9. The van der Waals surface area contributed by atoms with Gasteiger partial charge >= 0.3 is 0 Å². The minimum absolute atomic E-state index is 0.00942. The maximum Gasteiger partial charge on any atom is 0.0948 e. The Kier molecular flexibility index (Phi) is 4.72. The van der Waals surface area contributed by atoms with Gasteiger partial charge in [-0.15, -0.1) is 11.3 Å². The molecule has 0 bridgehead atoms. The van der Waals surface area contributed by atoms with Crippen molar-refractivity contribution in [2.24, 2.45) is 5.84 Å². The summed E-state index contributed by atoms with van der Waals surface area (Å²) in [5, 5.41) is 7.51. The SMILES string of the molecule is Cc1csc(CC(NN)c2c(Br)cnn2C(C)C)n1. The van der Waals surface area contributed by atoms with Gasteiger partial charge in [0.2, 0.25) is 0 Å². The van der Waals surface area contributed by atoms with Crippen molar-refractivity contribution in [1.29, 1.82) is 0 Å². The van der Waals surface area contributed by atoms with Crippen LogP contribution < -0.4 is 11.3 Å². The second-order valence-electron chi connectivity index (χ2n) is 4.72. The predicted octanol–water partition coefficient (Wildman–Crippen LogP) is 2.74. The van der Waals surface area contributed by atoms with Crippen molar-refractivity contribution < 1.29 is 0 Å². The molecule has 2 heterocycles. The average Bonchev–Trinajstić information content (AvgIpc) is 2.93. The normalized spacial score (nSPS) is 13.2. The summed E-state index contributed by atoms with van der Waals surface area (Å²) >= 11 is 5.21. The zero-order valence-corrected chi connectivity index (χ0v) is 13.6. The van der Waals surface area contributed by atoms with E-state index in [0.29, 0.717) is 0 Å². The molecule has 0 aliphatic rings. The van der Waals surface area contributed by atoms with Crippen LogP contribution in [0.5, 0.6) is 0 Å². The molecule has 19 heavy (non-hydrogen) atoms. The van der Waals surface area contributed by atoms with Gasteiger partial charge in [0.05, 0.1) is 27.4 Å². The zero-order valence-electron chi connectivity index (χ0n) is 11.2. The molecular weight excluding hydrogens is 326 g/mol. The summed E-state index contributed by atoms with van der Waals surface area (Å²) in [5.74, 6) is 5.72. The van der Waals surface area contributed by atoms with E-state index in [1.54, 1.807) is 11.3 Å². The fourth-order valence-electron chi connectivity index (χ4n) is 1.99. The third-order valence-corrected chi connectivity index (χ3v) is 4.45. The van der Waals surface area contributed by atoms with Crippen molar-refractivity contribution in [1.82, 2.24) is 20.2 Å². The minimum atomic E-state index is -0.00942. The Bertz CT molecular complexity index is 548. The van der Waals surface area contributed by atoms with Crippen molar-refractivity contribution in [2.45, 2.75) is 39.3 Å². The highest BCUT2D eigenvalue weighted by Gasteiger charge is 2.21. The van der Waals surface area contributed by atoms with Gasteiger partial charge in [0, 0.05) is 23.5 Å². The number of hydrazine groups is 1. The predicted molar refractivity (Wildman–Crippen MR) is 80.9 cm³/mol. The summed E-state index contributed by atoms with van der Waals surface area (Å²) in [6, 6.07) is 0.278. The van der Waals surface area contributed by atoms with Crippen LogP contribution in [-0.4, -0.2) is 14.8 Å². The van der Waals surface area contributed by atoms with Gasteiger partial charge in [-0.1, -0.05) is 0 Å². The van der Waals surface area contributed by atoms with Gasteiger partial charge in [0.1, 0.15) is 0 Å². The number of aryl methyl sites for hydroxylation is 1. The van der Waals surface area contributed by atoms with E-state index >= 15 is 0 Å². The Labute approximate surface area is 125 Å². The number of hydrogen-bond donors (Lipinski definition) is 2. The fourth-order valence-corrected chi connectivity index (χ4v) is 3.36. The van der Waals surface area contributed by atoms with Crippen LogP contribution >= 0.6 is 27.3 Å². The summed E-state index contributed by atoms with van der Waals surface area (Å²) < 4.78 is 2.95. The maximum atomic E-state index is 5.72. The van der Waals surface area contributed by atoms with Crippen molar-refractivity contribution >= 4 is 27.3 Å². The van der Waals surface area contributed by atoms with Gasteiger partial charge in [-0.25, -0.2) is 4.98 Å². The summed E-state index contributed by atoms with van der Waals surface area (Å²) in [4.78, 5) is 4.49. The molecule has 1 unspecified atom stereocenters. The molecule has 3 N–H and O–H groups in total. The van der Waals surface area contributed by atoms with E-state index in [9.17, 15) is 0 Å². The molecule has 0 fully saturated rings. The van der Waals surface area contributed by atoms with Crippen LogP contribution in [0.25, 0.3) is 0 Å². The lowest BCUT2D eigenvalue weighted by molar-refractivity contribution is 0.446. The van der Waals surface area contributed by atoms with Crippen molar-refractivity contribution in [2.75, 3.05) is 0 Å². The number of nitrogens with two attached hydrogens (primary N) is 1. The van der Waals surface area contributed by atoms with Crippen LogP contribution in [0.1, 0.15) is 42.3 Å². The first kappa shape index (κ1) is 14.6. The van der Waals surface area contributed by atoms with Crippen LogP contribution in [0.2, 0.25) is 0 Å². The number of halogens is 1. The Hall–Kier alpha value is -0.760. The second-order valence-corrected chi connectivity index (χ2v) is 6.52. The first-order valence-electron chi connectivity index (χ1n) is 6.13. The van der Waals surface area contributed by atoms with E-state index in [1.807, 2.05) is 17.8 Å². The largest absolute Gasteiger partial charge is 0.271 e. The molecular formula is C12H18BrN5S. The molecule has 2 rings (SSSR count). The standard InChI is InChI=1S/C12H18BrN5S/c1-7(2)18-12(9(13)5-15-18)10(17-14)4-11-16-8(3)6-19-11/h5-7,10,17H,4,14H2,1-3H3. The minimum Gasteiger partial charge on any atom is -0.271 e. The van der Waals surface area contributed by atoms with Crippen LogP contribution in [0.4, 0.5) is 0 Å². The molecule has 0 saturated heterocycles. The van der Waals surface area contributed by atoms with Crippen LogP contribution in [0, 0.1) is 6.92 Å². The molecule has 0 saturated carbocycles. The highest BCUT2D eigenvalue weighted by Crippen LogP contribution is 2.28. The third kappa shape index (κ3) is 3.22. The topological polar surface area (TPSA) is 68.8 Å². The lowest BCUT2D eigenvalue weighted by Crippen LogP contribution is -2.32. The monoisotopic (exact) mass is 343 g/mol. The number of aromatic nitrogens is 3. The van der Waals surface area contributed by atoms with E-state index in [0.717, 1.165) is 27.3 Å². The van der Waals surface area contributed by atoms with Crippen LogP contribution in [-0.2, 0) is 6.42 Å². The quantitative estimate of drug-likeness (QED) is 0.646. The smallest absolute Gasteiger partial charge is 0.0948 e. The summed E-state index contributed by atoms with van der Waals surface area (Å²) in [7, 11) is 0. The van der Waals surface area contributed by atoms with Gasteiger partial charge in [-0.3, -0.25) is 16.0 Å². The van der Waals surface area contributed by atoms with Gasteiger partial charge in [0.25, 0.3) is 0 Å². The molecule has 7 heteroatoms. The molecule has 2 aromatic heterocycles. The molecule has 0 amide bonds. The van der Waals surface area contributed by atoms with Crippen molar-refractivity contribution in [3.05, 3.63) is 32.4 Å². The van der Waals surface area contributed by atoms with E-state index in [2.05, 4.69) is 50.7 Å². The van der Waals surface area contributed by atoms with Gasteiger partial charge in [-0.2, -0.15) is 5.10 Å². The van der Waals surface area contributed by atoms with E-state index in [1.165, 1.54) is 0 Å². The Morgan fingerprint density at radius 1 is 1.53 bits per heavy atom. The number of hydrogen-bond acceptors (Lipinski definition) is 5. The molecule has 0 aliphatic heterocycles. The number of thiazole rings is 1. The van der Waals surface area contributed by atoms with Gasteiger partial charge in [-0.05, 0) is 36.7 Å². The van der Waals surface area contributed by atoms with Crippen molar-refractivity contribution in [3.63, 3.8) is 0 Å². The summed E-state index contributed by atoms with van der Waals surface area (Å²) in [5.41, 5.74) is 4.98. The molecule has 104 valence electrons. The first-order chi connectivity index (χ1) is 9.02. The fraction of sp³-hybridized carbons (Fsp3) is 0.500. The number of rotatable bonds is 5. The average molecular weight is 344 g/mol. The molecule has 0 radical (unpaired) electrons. The van der Waals surface area contributed by atoms with E-state index < -0.39 is 0 Å². The van der Waals surface area contributed by atoms with Crippen LogP contribution in [0.3, 0.4) is 0 Å². The molecule has 0 spiro atoms.